The molecule has 1 aromatic heterocycles. The van der Waals surface area contributed by atoms with Crippen LogP contribution in [0.15, 0.2) is 10.9 Å². The topological polar surface area (TPSA) is 57.8 Å². The van der Waals surface area contributed by atoms with Gasteiger partial charge in [-0.05, 0) is 19.3 Å². The van der Waals surface area contributed by atoms with Gasteiger partial charge in [-0.1, -0.05) is 34.1 Å². The second-order valence-corrected chi connectivity index (χ2v) is 5.47. The van der Waals surface area contributed by atoms with Crippen molar-refractivity contribution in [1.82, 2.24) is 9.97 Å². The molecule has 1 rings (SSSR count). The standard InChI is InChI=1S/C14H25N3O/c1-6-10(4)7-11(5)15-12-8-13(18)17-14(16-12)9(2)3/h8-11H,6-7H2,1-5H3,(H2,15,16,17,18). The van der Waals surface area contributed by atoms with Gasteiger partial charge in [-0.15, -0.1) is 0 Å². The van der Waals surface area contributed by atoms with Crippen molar-refractivity contribution in [3.05, 3.63) is 22.2 Å². The van der Waals surface area contributed by atoms with Gasteiger partial charge in [0, 0.05) is 18.0 Å². The SMILES string of the molecule is CCC(C)CC(C)Nc1cc(=O)[nH]c(C(C)C)n1. The molecular formula is C14H25N3O. The summed E-state index contributed by atoms with van der Waals surface area (Å²) in [6.07, 6.45) is 2.26. The second kappa shape index (κ2) is 6.57. The van der Waals surface area contributed by atoms with Crippen molar-refractivity contribution in [1.29, 1.82) is 0 Å². The van der Waals surface area contributed by atoms with E-state index in [0.717, 1.165) is 12.2 Å². The van der Waals surface area contributed by atoms with E-state index >= 15 is 0 Å². The molecular weight excluding hydrogens is 226 g/mol. The third-order valence-corrected chi connectivity index (χ3v) is 3.15. The van der Waals surface area contributed by atoms with Gasteiger partial charge in [0.15, 0.2) is 0 Å². The molecule has 0 aliphatic rings. The van der Waals surface area contributed by atoms with Gasteiger partial charge in [-0.2, -0.15) is 0 Å². The number of anilines is 1. The number of aromatic nitrogens is 2. The molecule has 0 amide bonds. The Bertz CT molecular complexity index is 425. The van der Waals surface area contributed by atoms with Gasteiger partial charge in [-0.3, -0.25) is 4.79 Å². The Morgan fingerprint density at radius 3 is 2.56 bits per heavy atom. The summed E-state index contributed by atoms with van der Waals surface area (Å²) in [5.41, 5.74) is -0.0908. The van der Waals surface area contributed by atoms with Crippen LogP contribution >= 0.6 is 0 Å². The van der Waals surface area contributed by atoms with Crippen LogP contribution in [-0.2, 0) is 0 Å². The average molecular weight is 251 g/mol. The zero-order valence-corrected chi connectivity index (χ0v) is 12.1. The highest BCUT2D eigenvalue weighted by atomic mass is 16.1. The van der Waals surface area contributed by atoms with Crippen molar-refractivity contribution >= 4 is 5.82 Å². The van der Waals surface area contributed by atoms with Gasteiger partial charge < -0.3 is 10.3 Å². The molecule has 0 fully saturated rings. The molecule has 2 atom stereocenters. The van der Waals surface area contributed by atoms with E-state index in [1.807, 2.05) is 13.8 Å². The van der Waals surface area contributed by atoms with E-state index in [0.29, 0.717) is 17.8 Å². The average Bonchev–Trinajstić information content (AvgIpc) is 2.27. The summed E-state index contributed by atoms with van der Waals surface area (Å²) in [6, 6.07) is 1.85. The Labute approximate surface area is 109 Å². The van der Waals surface area contributed by atoms with Crippen LogP contribution in [0.25, 0.3) is 0 Å². The van der Waals surface area contributed by atoms with Crippen LogP contribution in [-0.4, -0.2) is 16.0 Å². The maximum Gasteiger partial charge on any atom is 0.252 e. The third kappa shape index (κ3) is 4.51. The molecule has 102 valence electrons. The van der Waals surface area contributed by atoms with E-state index in [-0.39, 0.29) is 11.5 Å². The van der Waals surface area contributed by atoms with Crippen LogP contribution in [0.1, 0.15) is 59.2 Å². The highest BCUT2D eigenvalue weighted by Gasteiger charge is 2.10. The van der Waals surface area contributed by atoms with Crippen molar-refractivity contribution < 1.29 is 0 Å². The predicted octanol–water partition coefficient (Wildman–Crippen LogP) is 3.13. The molecule has 0 spiro atoms. The lowest BCUT2D eigenvalue weighted by Crippen LogP contribution is -2.22. The fraction of sp³-hybridized carbons (Fsp3) is 0.714. The highest BCUT2D eigenvalue weighted by molar-refractivity contribution is 5.34. The monoisotopic (exact) mass is 251 g/mol. The smallest absolute Gasteiger partial charge is 0.252 e. The van der Waals surface area contributed by atoms with Gasteiger partial charge in [-0.25, -0.2) is 4.98 Å². The molecule has 0 radical (unpaired) electrons. The molecule has 0 aliphatic carbocycles. The van der Waals surface area contributed by atoms with Crippen LogP contribution in [0.2, 0.25) is 0 Å². The lowest BCUT2D eigenvalue weighted by molar-refractivity contribution is 0.483. The number of nitrogens with one attached hydrogen (secondary N) is 2. The highest BCUT2D eigenvalue weighted by Crippen LogP contribution is 2.14. The number of nitrogens with zero attached hydrogens (tertiary/aromatic N) is 1. The minimum Gasteiger partial charge on any atom is -0.367 e. The summed E-state index contributed by atoms with van der Waals surface area (Å²) in [7, 11) is 0. The van der Waals surface area contributed by atoms with Crippen LogP contribution in [0.5, 0.6) is 0 Å². The fourth-order valence-electron chi connectivity index (χ4n) is 1.91. The maximum absolute atomic E-state index is 11.5. The minimum absolute atomic E-state index is 0.0908. The Hall–Kier alpha value is -1.32. The molecule has 4 heteroatoms. The molecule has 18 heavy (non-hydrogen) atoms. The summed E-state index contributed by atoms with van der Waals surface area (Å²) < 4.78 is 0. The molecule has 0 saturated heterocycles. The number of H-pyrrole nitrogens is 1. The van der Waals surface area contributed by atoms with E-state index in [9.17, 15) is 4.79 Å². The van der Waals surface area contributed by atoms with E-state index in [1.165, 1.54) is 12.5 Å². The summed E-state index contributed by atoms with van der Waals surface area (Å²) in [4.78, 5) is 18.7. The van der Waals surface area contributed by atoms with Gasteiger partial charge in [0.25, 0.3) is 5.56 Å². The largest absolute Gasteiger partial charge is 0.367 e. The van der Waals surface area contributed by atoms with E-state index in [4.69, 9.17) is 0 Å². The first-order chi connectivity index (χ1) is 8.42. The van der Waals surface area contributed by atoms with Crippen molar-refractivity contribution in [3.8, 4) is 0 Å². The predicted molar refractivity (Wildman–Crippen MR) is 76.1 cm³/mol. The summed E-state index contributed by atoms with van der Waals surface area (Å²) in [5.74, 6) is 2.32. The second-order valence-electron chi connectivity index (χ2n) is 5.47. The zero-order valence-electron chi connectivity index (χ0n) is 12.1. The van der Waals surface area contributed by atoms with Gasteiger partial charge in [0.2, 0.25) is 0 Å². The quantitative estimate of drug-likeness (QED) is 0.816. The Kier molecular flexibility index (Phi) is 5.38. The first-order valence-corrected chi connectivity index (χ1v) is 6.80. The normalized spacial score (nSPS) is 14.6. The molecule has 1 aromatic rings. The van der Waals surface area contributed by atoms with Crippen LogP contribution in [0.4, 0.5) is 5.82 Å². The molecule has 0 aliphatic heterocycles. The zero-order chi connectivity index (χ0) is 13.7. The molecule has 0 saturated carbocycles. The number of aromatic amines is 1. The summed E-state index contributed by atoms with van der Waals surface area (Å²) >= 11 is 0. The molecule has 4 nitrogen and oxygen atoms in total. The molecule has 2 N–H and O–H groups in total. The lowest BCUT2D eigenvalue weighted by Gasteiger charge is -2.18. The third-order valence-electron chi connectivity index (χ3n) is 3.15. The first-order valence-electron chi connectivity index (χ1n) is 6.80. The molecule has 0 bridgehead atoms. The number of hydrogen-bond donors (Lipinski definition) is 2. The van der Waals surface area contributed by atoms with Gasteiger partial charge in [0.1, 0.15) is 11.6 Å². The van der Waals surface area contributed by atoms with Crippen LogP contribution in [0, 0.1) is 5.92 Å². The number of hydrogen-bond acceptors (Lipinski definition) is 3. The number of rotatable bonds is 6. The fourth-order valence-corrected chi connectivity index (χ4v) is 1.91. The van der Waals surface area contributed by atoms with Gasteiger partial charge >= 0.3 is 0 Å². The molecule has 1 heterocycles. The van der Waals surface area contributed by atoms with Crippen molar-refractivity contribution in [2.45, 2.75) is 59.4 Å². The lowest BCUT2D eigenvalue weighted by atomic mass is 10.0. The summed E-state index contributed by atoms with van der Waals surface area (Å²) in [5, 5.41) is 3.31. The van der Waals surface area contributed by atoms with Crippen molar-refractivity contribution in [3.63, 3.8) is 0 Å². The van der Waals surface area contributed by atoms with Crippen molar-refractivity contribution in [2.24, 2.45) is 5.92 Å². The Morgan fingerprint density at radius 2 is 2.00 bits per heavy atom. The summed E-state index contributed by atoms with van der Waals surface area (Å²) in [6.45, 7) is 10.6. The van der Waals surface area contributed by atoms with Crippen LogP contribution < -0.4 is 10.9 Å². The first kappa shape index (κ1) is 14.7. The van der Waals surface area contributed by atoms with Crippen LogP contribution in [0.3, 0.4) is 0 Å². The molecule has 2 unspecified atom stereocenters. The maximum atomic E-state index is 11.5. The Morgan fingerprint density at radius 1 is 1.33 bits per heavy atom. The van der Waals surface area contributed by atoms with E-state index in [2.05, 4.69) is 36.1 Å². The molecule has 0 aromatic carbocycles. The Balaban J connectivity index is 2.75. The van der Waals surface area contributed by atoms with Gasteiger partial charge in [0.05, 0.1) is 0 Å². The minimum atomic E-state index is -0.0908. The van der Waals surface area contributed by atoms with E-state index < -0.39 is 0 Å². The van der Waals surface area contributed by atoms with E-state index in [1.54, 1.807) is 0 Å². The van der Waals surface area contributed by atoms with Crippen molar-refractivity contribution in [2.75, 3.05) is 5.32 Å².